The molecule has 3 rings (SSSR count). The number of aromatic nitrogens is 3. The third-order valence-electron chi connectivity index (χ3n) is 3.88. The molecule has 5 heteroatoms. The number of anilines is 4. The lowest BCUT2D eigenvalue weighted by Crippen LogP contribution is -2.04. The molecule has 3 aromatic rings. The van der Waals surface area contributed by atoms with Gasteiger partial charge in [0.15, 0.2) is 5.82 Å². The van der Waals surface area contributed by atoms with Gasteiger partial charge in [-0.1, -0.05) is 35.9 Å². The van der Waals surface area contributed by atoms with Gasteiger partial charge in [0.05, 0.1) is 6.20 Å². The first-order valence-corrected chi connectivity index (χ1v) is 7.90. The molecule has 122 valence electrons. The largest absolute Gasteiger partial charge is 0.338 e. The van der Waals surface area contributed by atoms with Gasteiger partial charge in [0, 0.05) is 11.4 Å². The lowest BCUT2D eigenvalue weighted by atomic mass is 10.1. The first-order chi connectivity index (χ1) is 11.5. The lowest BCUT2D eigenvalue weighted by molar-refractivity contribution is 0.981. The van der Waals surface area contributed by atoms with Crippen molar-refractivity contribution in [3.63, 3.8) is 0 Å². The molecule has 0 saturated heterocycles. The van der Waals surface area contributed by atoms with Gasteiger partial charge < -0.3 is 10.6 Å². The van der Waals surface area contributed by atoms with Crippen molar-refractivity contribution in [2.75, 3.05) is 10.6 Å². The summed E-state index contributed by atoms with van der Waals surface area (Å²) in [4.78, 5) is 4.51. The van der Waals surface area contributed by atoms with Crippen LogP contribution in [0.5, 0.6) is 0 Å². The minimum absolute atomic E-state index is 0.469. The van der Waals surface area contributed by atoms with Gasteiger partial charge >= 0.3 is 0 Å². The molecule has 0 unspecified atom stereocenters. The predicted octanol–water partition coefficient (Wildman–Crippen LogP) is 4.59. The van der Waals surface area contributed by atoms with E-state index in [-0.39, 0.29) is 0 Å². The molecule has 2 aromatic carbocycles. The molecule has 1 heterocycles. The summed E-state index contributed by atoms with van der Waals surface area (Å²) in [6.07, 6.45) is 1.63. The Morgan fingerprint density at radius 3 is 2.25 bits per heavy atom. The van der Waals surface area contributed by atoms with Gasteiger partial charge in [0.25, 0.3) is 0 Å². The molecule has 5 nitrogen and oxygen atoms in total. The fraction of sp³-hybridized carbons (Fsp3) is 0.211. The predicted molar refractivity (Wildman–Crippen MR) is 98.2 cm³/mol. The molecule has 0 fully saturated rings. The van der Waals surface area contributed by atoms with E-state index < -0.39 is 0 Å². The highest BCUT2D eigenvalue weighted by atomic mass is 15.3. The van der Waals surface area contributed by atoms with Crippen molar-refractivity contribution < 1.29 is 0 Å². The Kier molecular flexibility index (Phi) is 4.42. The Labute approximate surface area is 142 Å². The quantitative estimate of drug-likeness (QED) is 0.736. The molecule has 0 amide bonds. The molecule has 0 aliphatic heterocycles. The summed E-state index contributed by atoms with van der Waals surface area (Å²) in [5.74, 6) is 1.13. The first kappa shape index (κ1) is 15.9. The van der Waals surface area contributed by atoms with E-state index >= 15 is 0 Å². The van der Waals surface area contributed by atoms with Crippen LogP contribution in [0.2, 0.25) is 0 Å². The molecular weight excluding hydrogens is 298 g/mol. The molecule has 0 spiro atoms. The van der Waals surface area contributed by atoms with Crippen LogP contribution < -0.4 is 10.6 Å². The number of nitrogens with zero attached hydrogens (tertiary/aromatic N) is 3. The molecule has 2 N–H and O–H groups in total. The van der Waals surface area contributed by atoms with Gasteiger partial charge in [-0.2, -0.15) is 10.1 Å². The van der Waals surface area contributed by atoms with Crippen LogP contribution in [-0.2, 0) is 0 Å². The Morgan fingerprint density at radius 1 is 0.833 bits per heavy atom. The average molecular weight is 319 g/mol. The van der Waals surface area contributed by atoms with E-state index in [0.717, 1.165) is 16.9 Å². The van der Waals surface area contributed by atoms with Crippen LogP contribution in [0.25, 0.3) is 0 Å². The van der Waals surface area contributed by atoms with E-state index in [1.807, 2.05) is 31.2 Å². The number of nitrogens with one attached hydrogen (secondary N) is 2. The van der Waals surface area contributed by atoms with Crippen molar-refractivity contribution in [1.82, 2.24) is 15.2 Å². The van der Waals surface area contributed by atoms with Gasteiger partial charge in [-0.25, -0.2) is 0 Å². The van der Waals surface area contributed by atoms with Crippen LogP contribution in [0.4, 0.5) is 23.1 Å². The van der Waals surface area contributed by atoms with Gasteiger partial charge in [0.2, 0.25) is 5.95 Å². The van der Waals surface area contributed by atoms with Crippen molar-refractivity contribution in [2.24, 2.45) is 0 Å². The second kappa shape index (κ2) is 6.66. The maximum Gasteiger partial charge on any atom is 0.249 e. The van der Waals surface area contributed by atoms with Crippen molar-refractivity contribution in [2.45, 2.75) is 27.7 Å². The van der Waals surface area contributed by atoms with E-state index in [0.29, 0.717) is 11.8 Å². The van der Waals surface area contributed by atoms with E-state index in [9.17, 15) is 0 Å². The Hall–Kier alpha value is -2.95. The molecule has 0 aliphatic carbocycles. The number of hydrogen-bond acceptors (Lipinski definition) is 5. The maximum absolute atomic E-state index is 4.51. The third kappa shape index (κ3) is 3.51. The molecule has 0 saturated carbocycles. The van der Waals surface area contributed by atoms with Crippen LogP contribution in [-0.4, -0.2) is 15.2 Å². The fourth-order valence-electron chi connectivity index (χ4n) is 2.76. The average Bonchev–Trinajstić information content (AvgIpc) is 2.53. The first-order valence-electron chi connectivity index (χ1n) is 7.90. The molecule has 1 aromatic heterocycles. The summed E-state index contributed by atoms with van der Waals surface area (Å²) in [7, 11) is 0. The van der Waals surface area contributed by atoms with Crippen molar-refractivity contribution in [3.8, 4) is 0 Å². The van der Waals surface area contributed by atoms with E-state index in [4.69, 9.17) is 0 Å². The topological polar surface area (TPSA) is 62.7 Å². The highest BCUT2D eigenvalue weighted by molar-refractivity contribution is 5.66. The van der Waals surface area contributed by atoms with Crippen LogP contribution in [0, 0.1) is 27.7 Å². The molecular formula is C19H21N5. The Bertz CT molecular complexity index is 850. The van der Waals surface area contributed by atoms with E-state index in [1.54, 1.807) is 6.20 Å². The summed E-state index contributed by atoms with van der Waals surface area (Å²) < 4.78 is 0. The number of rotatable bonds is 4. The van der Waals surface area contributed by atoms with Crippen LogP contribution in [0.1, 0.15) is 22.3 Å². The highest BCUT2D eigenvalue weighted by Crippen LogP contribution is 2.25. The van der Waals surface area contributed by atoms with Crippen molar-refractivity contribution in [3.05, 3.63) is 64.8 Å². The number of hydrogen-bond donors (Lipinski definition) is 2. The summed E-state index contributed by atoms with van der Waals surface area (Å²) >= 11 is 0. The summed E-state index contributed by atoms with van der Waals surface area (Å²) in [5, 5.41) is 14.7. The Balaban J connectivity index is 1.85. The smallest absolute Gasteiger partial charge is 0.249 e. The SMILES string of the molecule is Cc1cc(C)c(Nc2cnnc(Nc3ccccc3C)n2)c(C)c1. The molecule has 0 bridgehead atoms. The standard InChI is InChI=1S/C19H21N5/c1-12-9-14(3)18(15(4)10-12)22-17-11-20-24-19(23-17)21-16-8-6-5-7-13(16)2/h5-11H,1-4H3,(H2,21,22,23,24). The highest BCUT2D eigenvalue weighted by Gasteiger charge is 2.07. The number of benzene rings is 2. The second-order valence-electron chi connectivity index (χ2n) is 6.00. The minimum atomic E-state index is 0.469. The van der Waals surface area contributed by atoms with Crippen molar-refractivity contribution >= 4 is 23.1 Å². The zero-order chi connectivity index (χ0) is 17.1. The summed E-state index contributed by atoms with van der Waals surface area (Å²) in [6, 6.07) is 12.3. The zero-order valence-electron chi connectivity index (χ0n) is 14.4. The van der Waals surface area contributed by atoms with Crippen LogP contribution in [0.15, 0.2) is 42.6 Å². The normalized spacial score (nSPS) is 10.5. The van der Waals surface area contributed by atoms with Gasteiger partial charge in [-0.05, 0) is 50.5 Å². The van der Waals surface area contributed by atoms with Crippen molar-refractivity contribution in [1.29, 1.82) is 0 Å². The monoisotopic (exact) mass is 319 g/mol. The zero-order valence-corrected chi connectivity index (χ0v) is 14.4. The van der Waals surface area contributed by atoms with Gasteiger partial charge in [-0.15, -0.1) is 5.10 Å². The summed E-state index contributed by atoms with van der Waals surface area (Å²) in [6.45, 7) is 8.31. The molecule has 24 heavy (non-hydrogen) atoms. The fourth-order valence-corrected chi connectivity index (χ4v) is 2.76. The number of aryl methyl sites for hydroxylation is 4. The van der Waals surface area contributed by atoms with E-state index in [2.05, 4.69) is 58.7 Å². The molecule has 0 radical (unpaired) electrons. The minimum Gasteiger partial charge on any atom is -0.338 e. The van der Waals surface area contributed by atoms with Crippen LogP contribution >= 0.6 is 0 Å². The molecule has 0 atom stereocenters. The maximum atomic E-state index is 4.51. The van der Waals surface area contributed by atoms with Gasteiger partial charge in [0.1, 0.15) is 0 Å². The third-order valence-corrected chi connectivity index (χ3v) is 3.88. The number of para-hydroxylation sites is 1. The summed E-state index contributed by atoms with van der Waals surface area (Å²) in [5.41, 5.74) is 6.77. The Morgan fingerprint density at radius 2 is 1.54 bits per heavy atom. The molecule has 0 aliphatic rings. The van der Waals surface area contributed by atoms with E-state index in [1.165, 1.54) is 16.7 Å². The van der Waals surface area contributed by atoms with Gasteiger partial charge in [-0.3, -0.25) is 0 Å². The van der Waals surface area contributed by atoms with Crippen LogP contribution in [0.3, 0.4) is 0 Å². The second-order valence-corrected chi connectivity index (χ2v) is 6.00. The lowest BCUT2D eigenvalue weighted by Gasteiger charge is -2.13.